The maximum absolute atomic E-state index is 13.1. The highest BCUT2D eigenvalue weighted by molar-refractivity contribution is 5.50. The lowest BCUT2D eigenvalue weighted by Crippen LogP contribution is -1.99. The van der Waals surface area contributed by atoms with E-state index in [1.807, 2.05) is 0 Å². The number of hydrogen-bond acceptors (Lipinski definition) is 2. The predicted molar refractivity (Wildman–Crippen MR) is 50.4 cm³/mol. The molecule has 1 aromatic carbocycles. The summed E-state index contributed by atoms with van der Waals surface area (Å²) in [6.07, 6.45) is 3.21. The van der Waals surface area contributed by atoms with Crippen LogP contribution in [0, 0.1) is 5.82 Å². The summed E-state index contributed by atoms with van der Waals surface area (Å²) >= 11 is 0. The summed E-state index contributed by atoms with van der Waals surface area (Å²) in [5.74, 6) is -0.303. The molecule has 0 amide bonds. The fraction of sp³-hybridized carbons (Fsp3) is 0.200. The second-order valence-electron chi connectivity index (χ2n) is 2.64. The molecule has 0 aliphatic heterocycles. The van der Waals surface area contributed by atoms with Crippen molar-refractivity contribution >= 4 is 6.08 Å². The number of aliphatic hydroxyl groups excluding tert-OH is 1. The van der Waals surface area contributed by atoms with Gasteiger partial charge < -0.3 is 10.8 Å². The minimum atomic E-state index is -0.303. The fourth-order valence-electron chi connectivity index (χ4n) is 1.02. The van der Waals surface area contributed by atoms with Crippen molar-refractivity contribution in [3.8, 4) is 0 Å². The van der Waals surface area contributed by atoms with Crippen LogP contribution >= 0.6 is 0 Å². The molecule has 3 heteroatoms. The van der Waals surface area contributed by atoms with Crippen LogP contribution in [0.15, 0.2) is 24.3 Å². The first kappa shape index (κ1) is 9.89. The first-order valence-corrected chi connectivity index (χ1v) is 4.04. The van der Waals surface area contributed by atoms with Crippen LogP contribution in [0.3, 0.4) is 0 Å². The fourth-order valence-corrected chi connectivity index (χ4v) is 1.02. The molecule has 0 atom stereocenters. The van der Waals surface area contributed by atoms with E-state index in [-0.39, 0.29) is 19.0 Å². The summed E-state index contributed by atoms with van der Waals surface area (Å²) in [6.45, 7) is 0.163. The number of nitrogens with two attached hydrogens (primary N) is 1. The molecular weight excluding hydrogens is 169 g/mol. The van der Waals surface area contributed by atoms with Gasteiger partial charge in [-0.2, -0.15) is 0 Å². The van der Waals surface area contributed by atoms with Crippen molar-refractivity contribution in [2.24, 2.45) is 5.73 Å². The molecule has 70 valence electrons. The zero-order valence-electron chi connectivity index (χ0n) is 7.20. The first-order chi connectivity index (χ1) is 6.27. The normalized spacial score (nSPS) is 11.0. The molecule has 0 spiro atoms. The summed E-state index contributed by atoms with van der Waals surface area (Å²) in [6, 6.07) is 4.80. The van der Waals surface area contributed by atoms with E-state index in [0.717, 1.165) is 5.56 Å². The van der Waals surface area contributed by atoms with E-state index >= 15 is 0 Å². The van der Waals surface area contributed by atoms with Crippen molar-refractivity contribution < 1.29 is 9.50 Å². The summed E-state index contributed by atoms with van der Waals surface area (Å²) in [5.41, 5.74) is 6.53. The number of hydrogen-bond donors (Lipinski definition) is 2. The van der Waals surface area contributed by atoms with E-state index in [1.54, 1.807) is 24.3 Å². The van der Waals surface area contributed by atoms with Crippen LogP contribution in [0.5, 0.6) is 0 Å². The van der Waals surface area contributed by atoms with Crippen molar-refractivity contribution in [3.63, 3.8) is 0 Å². The highest BCUT2D eigenvalue weighted by Gasteiger charge is 1.99. The molecule has 0 bridgehead atoms. The molecule has 0 aromatic heterocycles. The molecule has 2 nitrogen and oxygen atoms in total. The van der Waals surface area contributed by atoms with Crippen LogP contribution in [0.1, 0.15) is 11.1 Å². The average Bonchev–Trinajstić information content (AvgIpc) is 2.15. The molecule has 13 heavy (non-hydrogen) atoms. The lowest BCUT2D eigenvalue weighted by Gasteiger charge is -2.00. The lowest BCUT2D eigenvalue weighted by molar-refractivity contribution is 0.343. The van der Waals surface area contributed by atoms with Crippen molar-refractivity contribution in [1.29, 1.82) is 0 Å². The summed E-state index contributed by atoms with van der Waals surface area (Å²) < 4.78 is 13.1. The van der Waals surface area contributed by atoms with Gasteiger partial charge in [0.2, 0.25) is 0 Å². The Labute approximate surface area is 76.5 Å². The smallest absolute Gasteiger partial charge is 0.128 e. The standard InChI is InChI=1S/C10H12FNO/c11-10-6-8(2-1-5-13)3-4-9(10)7-12/h1-4,6,13H,5,7,12H2. The molecule has 0 aliphatic carbocycles. The maximum atomic E-state index is 13.1. The third-order valence-electron chi connectivity index (χ3n) is 1.71. The van der Waals surface area contributed by atoms with Crippen LogP contribution in [-0.2, 0) is 6.54 Å². The highest BCUT2D eigenvalue weighted by Crippen LogP contribution is 2.10. The molecule has 0 saturated carbocycles. The minimum absolute atomic E-state index is 0.0414. The zero-order chi connectivity index (χ0) is 9.68. The molecule has 0 aliphatic rings. The van der Waals surface area contributed by atoms with E-state index in [1.165, 1.54) is 6.07 Å². The van der Waals surface area contributed by atoms with Crippen LogP contribution in [-0.4, -0.2) is 11.7 Å². The van der Waals surface area contributed by atoms with Gasteiger partial charge >= 0.3 is 0 Å². The van der Waals surface area contributed by atoms with Gasteiger partial charge in [0.1, 0.15) is 5.82 Å². The van der Waals surface area contributed by atoms with Crippen LogP contribution in [0.25, 0.3) is 6.08 Å². The van der Waals surface area contributed by atoms with E-state index in [9.17, 15) is 4.39 Å². The molecule has 3 N–H and O–H groups in total. The Morgan fingerprint density at radius 2 is 2.23 bits per heavy atom. The number of rotatable bonds is 3. The monoisotopic (exact) mass is 181 g/mol. The molecular formula is C10H12FNO. The van der Waals surface area contributed by atoms with Gasteiger partial charge in [0.15, 0.2) is 0 Å². The number of benzene rings is 1. The molecule has 0 saturated heterocycles. The van der Waals surface area contributed by atoms with E-state index in [2.05, 4.69) is 0 Å². The summed E-state index contributed by atoms with van der Waals surface area (Å²) in [7, 11) is 0. The topological polar surface area (TPSA) is 46.2 Å². The van der Waals surface area contributed by atoms with Crippen molar-refractivity contribution in [2.45, 2.75) is 6.54 Å². The Bertz CT molecular complexity index is 310. The molecule has 0 fully saturated rings. The summed E-state index contributed by atoms with van der Waals surface area (Å²) in [4.78, 5) is 0. The average molecular weight is 181 g/mol. The van der Waals surface area contributed by atoms with Gasteiger partial charge in [0.05, 0.1) is 6.61 Å². The van der Waals surface area contributed by atoms with Crippen molar-refractivity contribution in [2.75, 3.05) is 6.61 Å². The number of aliphatic hydroxyl groups is 1. The molecule has 0 unspecified atom stereocenters. The van der Waals surface area contributed by atoms with Gasteiger partial charge in [-0.05, 0) is 11.6 Å². The van der Waals surface area contributed by atoms with Gasteiger partial charge in [-0.1, -0.05) is 24.3 Å². The van der Waals surface area contributed by atoms with Crippen molar-refractivity contribution in [3.05, 3.63) is 41.2 Å². The van der Waals surface area contributed by atoms with Gasteiger partial charge in [-0.25, -0.2) is 4.39 Å². The largest absolute Gasteiger partial charge is 0.392 e. The SMILES string of the molecule is NCc1ccc(C=CCO)cc1F. The lowest BCUT2D eigenvalue weighted by atomic mass is 10.1. The number of halogens is 1. The third kappa shape index (κ3) is 2.65. The predicted octanol–water partition coefficient (Wildman–Crippen LogP) is 1.29. The van der Waals surface area contributed by atoms with Crippen molar-refractivity contribution in [1.82, 2.24) is 0 Å². The van der Waals surface area contributed by atoms with Crippen LogP contribution < -0.4 is 5.73 Å². The molecule has 1 rings (SSSR count). The second-order valence-corrected chi connectivity index (χ2v) is 2.64. The van der Waals surface area contributed by atoms with Crippen LogP contribution in [0.4, 0.5) is 4.39 Å². The Morgan fingerprint density at radius 1 is 1.46 bits per heavy atom. The Balaban J connectivity index is 2.89. The third-order valence-corrected chi connectivity index (χ3v) is 1.71. The molecule has 0 radical (unpaired) electrons. The minimum Gasteiger partial charge on any atom is -0.392 e. The first-order valence-electron chi connectivity index (χ1n) is 4.04. The second kappa shape index (κ2) is 4.74. The Morgan fingerprint density at radius 3 is 2.77 bits per heavy atom. The Hall–Kier alpha value is -1.19. The molecule has 0 heterocycles. The zero-order valence-corrected chi connectivity index (χ0v) is 7.20. The van der Waals surface area contributed by atoms with Gasteiger partial charge in [0.25, 0.3) is 0 Å². The maximum Gasteiger partial charge on any atom is 0.128 e. The Kier molecular flexibility index (Phi) is 3.61. The van der Waals surface area contributed by atoms with Gasteiger partial charge in [0, 0.05) is 12.1 Å². The van der Waals surface area contributed by atoms with E-state index in [4.69, 9.17) is 10.8 Å². The van der Waals surface area contributed by atoms with Gasteiger partial charge in [-0.3, -0.25) is 0 Å². The van der Waals surface area contributed by atoms with E-state index in [0.29, 0.717) is 5.56 Å². The van der Waals surface area contributed by atoms with Gasteiger partial charge in [-0.15, -0.1) is 0 Å². The summed E-state index contributed by atoms with van der Waals surface area (Å²) in [5, 5.41) is 8.50. The van der Waals surface area contributed by atoms with Crippen LogP contribution in [0.2, 0.25) is 0 Å². The highest BCUT2D eigenvalue weighted by atomic mass is 19.1. The van der Waals surface area contributed by atoms with E-state index < -0.39 is 0 Å². The quantitative estimate of drug-likeness (QED) is 0.738. The molecule has 1 aromatic rings.